The molecule has 0 atom stereocenters. The number of nitrogens with one attached hydrogen (secondary N) is 1. The van der Waals surface area contributed by atoms with Crippen LogP contribution in [0.4, 0.5) is 5.69 Å². The number of nitrogens with zero attached hydrogens (tertiary/aromatic N) is 2. The normalized spacial score (nSPS) is 10.7. The average Bonchev–Trinajstić information content (AvgIpc) is 2.71. The van der Waals surface area contributed by atoms with Gasteiger partial charge in [0.2, 0.25) is 0 Å². The Hall–Kier alpha value is -4.00. The van der Waals surface area contributed by atoms with Crippen LogP contribution < -0.4 is 16.5 Å². The molecule has 0 saturated carbocycles. The van der Waals surface area contributed by atoms with Gasteiger partial charge in [-0.15, -0.1) is 0 Å². The first kappa shape index (κ1) is 17.4. The molecule has 0 spiro atoms. The summed E-state index contributed by atoms with van der Waals surface area (Å²) in [6, 6.07) is 20.4. The van der Waals surface area contributed by atoms with Crippen molar-refractivity contribution >= 4 is 22.6 Å². The standard InChI is InChI=1S/C21H15N3O4/c25-19-11-10-16(23-24(19)13-14-6-2-1-3-7-14)20(26)22-17-12-15-8-4-5-9-18(15)28-21(17)27/h1-12H,13H2,(H,22,26). The number of fused-ring (bicyclic) bond motifs is 1. The van der Waals surface area contributed by atoms with Gasteiger partial charge < -0.3 is 9.73 Å². The maximum Gasteiger partial charge on any atom is 0.360 e. The van der Waals surface area contributed by atoms with Gasteiger partial charge in [-0.1, -0.05) is 48.5 Å². The lowest BCUT2D eigenvalue weighted by atomic mass is 10.2. The third-order valence-electron chi connectivity index (χ3n) is 4.16. The van der Waals surface area contributed by atoms with Crippen molar-refractivity contribution in [1.29, 1.82) is 0 Å². The van der Waals surface area contributed by atoms with Crippen LogP contribution in [0.5, 0.6) is 0 Å². The number of amides is 1. The molecule has 0 fully saturated rings. The van der Waals surface area contributed by atoms with Crippen molar-refractivity contribution in [2.24, 2.45) is 0 Å². The minimum atomic E-state index is -0.662. The molecule has 1 N–H and O–H groups in total. The van der Waals surface area contributed by atoms with Gasteiger partial charge in [-0.05, 0) is 23.8 Å². The van der Waals surface area contributed by atoms with Crippen LogP contribution in [0.2, 0.25) is 0 Å². The Morgan fingerprint density at radius 2 is 1.71 bits per heavy atom. The van der Waals surface area contributed by atoms with Crippen LogP contribution >= 0.6 is 0 Å². The SMILES string of the molecule is O=C(Nc1cc2ccccc2oc1=O)c1ccc(=O)n(Cc2ccccc2)n1. The zero-order valence-electron chi connectivity index (χ0n) is 14.7. The number of hydrogen-bond acceptors (Lipinski definition) is 5. The third-order valence-corrected chi connectivity index (χ3v) is 4.16. The number of aromatic nitrogens is 2. The van der Waals surface area contributed by atoms with Crippen molar-refractivity contribution in [1.82, 2.24) is 9.78 Å². The second kappa shape index (κ2) is 7.32. The number of rotatable bonds is 4. The van der Waals surface area contributed by atoms with Crippen molar-refractivity contribution in [2.75, 3.05) is 5.32 Å². The predicted octanol–water partition coefficient (Wildman–Crippen LogP) is 2.65. The molecule has 0 aliphatic carbocycles. The van der Waals surface area contributed by atoms with Gasteiger partial charge in [-0.2, -0.15) is 5.10 Å². The molecular formula is C21H15N3O4. The number of hydrogen-bond donors (Lipinski definition) is 1. The van der Waals surface area contributed by atoms with Crippen molar-refractivity contribution in [3.8, 4) is 0 Å². The molecule has 0 saturated heterocycles. The molecule has 0 aliphatic rings. The van der Waals surface area contributed by atoms with Crippen molar-refractivity contribution in [2.45, 2.75) is 6.54 Å². The molecule has 0 bridgehead atoms. The highest BCUT2D eigenvalue weighted by Gasteiger charge is 2.13. The van der Waals surface area contributed by atoms with Gasteiger partial charge in [0.05, 0.1) is 6.54 Å². The Labute approximate surface area is 158 Å². The van der Waals surface area contributed by atoms with Gasteiger partial charge in [0.1, 0.15) is 17.0 Å². The summed E-state index contributed by atoms with van der Waals surface area (Å²) in [4.78, 5) is 36.7. The lowest BCUT2D eigenvalue weighted by Crippen LogP contribution is -2.27. The van der Waals surface area contributed by atoms with E-state index in [1.54, 1.807) is 30.3 Å². The van der Waals surface area contributed by atoms with Crippen molar-refractivity contribution in [3.05, 3.63) is 105 Å². The minimum absolute atomic E-state index is 0.00584. The second-order valence-corrected chi connectivity index (χ2v) is 6.14. The topological polar surface area (TPSA) is 94.2 Å². The molecule has 4 aromatic rings. The Morgan fingerprint density at radius 1 is 0.964 bits per heavy atom. The first-order valence-corrected chi connectivity index (χ1v) is 8.56. The van der Waals surface area contributed by atoms with Gasteiger partial charge in [0.25, 0.3) is 11.5 Å². The molecule has 28 heavy (non-hydrogen) atoms. The highest BCUT2D eigenvalue weighted by molar-refractivity contribution is 6.03. The fourth-order valence-corrected chi connectivity index (χ4v) is 2.78. The monoisotopic (exact) mass is 373 g/mol. The number of anilines is 1. The zero-order chi connectivity index (χ0) is 19.5. The summed E-state index contributed by atoms with van der Waals surface area (Å²) in [5.41, 5.74) is 0.342. The molecule has 0 radical (unpaired) electrons. The highest BCUT2D eigenvalue weighted by atomic mass is 16.4. The fraction of sp³-hybridized carbons (Fsp3) is 0.0476. The van der Waals surface area contributed by atoms with Crippen LogP contribution in [0, 0.1) is 0 Å². The van der Waals surface area contributed by atoms with Crippen LogP contribution in [-0.2, 0) is 6.54 Å². The van der Waals surface area contributed by atoms with Gasteiger partial charge >= 0.3 is 5.63 Å². The summed E-state index contributed by atoms with van der Waals surface area (Å²) < 4.78 is 6.41. The van der Waals surface area contributed by atoms with E-state index in [9.17, 15) is 14.4 Å². The van der Waals surface area contributed by atoms with Crippen LogP contribution in [0.3, 0.4) is 0 Å². The first-order valence-electron chi connectivity index (χ1n) is 8.56. The lowest BCUT2D eigenvalue weighted by molar-refractivity contribution is 0.101. The van der Waals surface area contributed by atoms with Gasteiger partial charge in [0, 0.05) is 11.5 Å². The van der Waals surface area contributed by atoms with Crippen LogP contribution in [0.25, 0.3) is 11.0 Å². The molecule has 1 amide bonds. The zero-order valence-corrected chi connectivity index (χ0v) is 14.7. The van der Waals surface area contributed by atoms with E-state index in [1.807, 2.05) is 30.3 Å². The van der Waals surface area contributed by atoms with Gasteiger partial charge in [-0.3, -0.25) is 9.59 Å². The molecule has 7 nitrogen and oxygen atoms in total. The first-order chi connectivity index (χ1) is 13.6. The molecule has 2 heterocycles. The summed E-state index contributed by atoms with van der Waals surface area (Å²) in [6.45, 7) is 0.235. The van der Waals surface area contributed by atoms with Gasteiger partial charge in [0.15, 0.2) is 0 Å². The molecule has 138 valence electrons. The Morgan fingerprint density at radius 3 is 2.54 bits per heavy atom. The average molecular weight is 373 g/mol. The van der Waals surface area contributed by atoms with Crippen LogP contribution in [0.1, 0.15) is 16.1 Å². The summed E-state index contributed by atoms with van der Waals surface area (Å²) in [5.74, 6) is -0.607. The number of carbonyl (C=O) groups excluding carboxylic acids is 1. The summed E-state index contributed by atoms with van der Waals surface area (Å²) in [5, 5.41) is 7.30. The van der Waals surface area contributed by atoms with E-state index in [4.69, 9.17) is 4.42 Å². The van der Waals surface area contributed by atoms with E-state index in [2.05, 4.69) is 10.4 Å². The predicted molar refractivity (Wildman–Crippen MR) is 104 cm³/mol. The third kappa shape index (κ3) is 3.59. The van der Waals surface area contributed by atoms with Crippen LogP contribution in [0.15, 0.2) is 86.8 Å². The van der Waals surface area contributed by atoms with E-state index in [-0.39, 0.29) is 23.5 Å². The van der Waals surface area contributed by atoms with Crippen LogP contribution in [-0.4, -0.2) is 15.7 Å². The van der Waals surface area contributed by atoms with Gasteiger partial charge in [-0.25, -0.2) is 9.48 Å². The van der Waals surface area contributed by atoms with E-state index in [0.717, 1.165) is 5.56 Å². The number of carbonyl (C=O) groups is 1. The Balaban J connectivity index is 1.62. The Bertz CT molecular complexity index is 1280. The fourth-order valence-electron chi connectivity index (χ4n) is 2.78. The Kier molecular flexibility index (Phi) is 4.55. The van der Waals surface area contributed by atoms with E-state index in [0.29, 0.717) is 11.0 Å². The molecule has 2 aromatic carbocycles. The van der Waals surface area contributed by atoms with Crippen molar-refractivity contribution < 1.29 is 9.21 Å². The van der Waals surface area contributed by atoms with E-state index < -0.39 is 11.5 Å². The molecule has 4 rings (SSSR count). The van der Waals surface area contributed by atoms with Crippen molar-refractivity contribution in [3.63, 3.8) is 0 Å². The molecule has 0 aliphatic heterocycles. The minimum Gasteiger partial charge on any atom is -0.421 e. The summed E-state index contributed by atoms with van der Waals surface area (Å²) in [6.07, 6.45) is 0. The quantitative estimate of drug-likeness (QED) is 0.555. The summed E-state index contributed by atoms with van der Waals surface area (Å²) in [7, 11) is 0. The lowest BCUT2D eigenvalue weighted by Gasteiger charge is -2.08. The molecule has 0 unspecified atom stereocenters. The number of para-hydroxylation sites is 1. The van der Waals surface area contributed by atoms with E-state index >= 15 is 0 Å². The maximum atomic E-state index is 12.5. The van der Waals surface area contributed by atoms with E-state index in [1.165, 1.54) is 16.8 Å². The second-order valence-electron chi connectivity index (χ2n) is 6.14. The smallest absolute Gasteiger partial charge is 0.360 e. The molecule has 2 aromatic heterocycles. The maximum absolute atomic E-state index is 12.5. The highest BCUT2D eigenvalue weighted by Crippen LogP contribution is 2.15. The largest absolute Gasteiger partial charge is 0.421 e. The molecular weight excluding hydrogens is 358 g/mol. The summed E-state index contributed by atoms with van der Waals surface area (Å²) >= 11 is 0. The number of benzene rings is 2. The molecule has 7 heteroatoms.